The number of aryl methyl sites for hydroxylation is 1. The van der Waals surface area contributed by atoms with E-state index in [0.29, 0.717) is 6.07 Å². The van der Waals surface area contributed by atoms with Crippen molar-refractivity contribution >= 4 is 15.7 Å². The van der Waals surface area contributed by atoms with Crippen molar-refractivity contribution in [3.63, 3.8) is 0 Å². The SMILES string of the molecule is O=C(CCCS(=O)(=O)c1cccc(C(F)(F)F)c1)N[C@@H]1CCCc2cc(CN3CCCCC3)ccc21. The topological polar surface area (TPSA) is 66.5 Å². The molecule has 1 heterocycles. The number of amides is 1. The summed E-state index contributed by atoms with van der Waals surface area (Å²) < 4.78 is 63.8. The van der Waals surface area contributed by atoms with Crippen molar-refractivity contribution in [2.75, 3.05) is 18.8 Å². The molecule has 2 aromatic carbocycles. The molecule has 1 saturated heterocycles. The molecule has 1 aliphatic carbocycles. The number of benzene rings is 2. The molecule has 0 unspecified atom stereocenters. The predicted octanol–water partition coefficient (Wildman–Crippen LogP) is 5.44. The van der Waals surface area contributed by atoms with E-state index in [1.807, 2.05) is 0 Å². The molecule has 1 fully saturated rings. The largest absolute Gasteiger partial charge is 0.416 e. The minimum atomic E-state index is -4.62. The van der Waals surface area contributed by atoms with Crippen molar-refractivity contribution in [1.29, 1.82) is 0 Å². The van der Waals surface area contributed by atoms with Crippen LogP contribution in [0.4, 0.5) is 13.2 Å². The minimum absolute atomic E-state index is 0.00291. The first kappa shape index (κ1) is 26.7. The van der Waals surface area contributed by atoms with Gasteiger partial charge in [0.2, 0.25) is 5.91 Å². The number of carbonyl (C=O) groups is 1. The maximum atomic E-state index is 12.9. The number of hydrogen-bond acceptors (Lipinski definition) is 4. The van der Waals surface area contributed by atoms with Crippen LogP contribution in [0.25, 0.3) is 0 Å². The predicted molar refractivity (Wildman–Crippen MR) is 132 cm³/mol. The van der Waals surface area contributed by atoms with Crippen LogP contribution in [0.1, 0.15) is 73.2 Å². The fraction of sp³-hybridized carbons (Fsp3) is 0.519. The number of nitrogens with zero attached hydrogens (tertiary/aromatic N) is 1. The van der Waals surface area contributed by atoms with E-state index in [9.17, 15) is 26.4 Å². The van der Waals surface area contributed by atoms with Crippen LogP contribution in [0.15, 0.2) is 47.4 Å². The normalized spacial score (nSPS) is 19.0. The van der Waals surface area contributed by atoms with E-state index in [-0.39, 0.29) is 35.4 Å². The first-order chi connectivity index (χ1) is 17.1. The zero-order chi connectivity index (χ0) is 25.8. The Bertz CT molecular complexity index is 1180. The van der Waals surface area contributed by atoms with Crippen LogP contribution in [-0.4, -0.2) is 38.1 Å². The number of likely N-dealkylation sites (tertiary alicyclic amines) is 1. The van der Waals surface area contributed by atoms with Crippen LogP contribution in [0.5, 0.6) is 0 Å². The Morgan fingerprint density at radius 1 is 1.03 bits per heavy atom. The van der Waals surface area contributed by atoms with E-state index < -0.39 is 21.6 Å². The maximum Gasteiger partial charge on any atom is 0.416 e. The highest BCUT2D eigenvalue weighted by Gasteiger charge is 2.31. The van der Waals surface area contributed by atoms with E-state index in [1.54, 1.807) is 0 Å². The second kappa shape index (κ2) is 11.3. The van der Waals surface area contributed by atoms with Gasteiger partial charge in [-0.25, -0.2) is 8.42 Å². The average Bonchev–Trinajstić information content (AvgIpc) is 2.84. The van der Waals surface area contributed by atoms with Gasteiger partial charge >= 0.3 is 6.18 Å². The van der Waals surface area contributed by atoms with Crippen molar-refractivity contribution in [1.82, 2.24) is 10.2 Å². The van der Waals surface area contributed by atoms with Gasteiger partial charge in [0.05, 0.1) is 22.3 Å². The number of nitrogens with one attached hydrogen (secondary N) is 1. The number of rotatable bonds is 8. The lowest BCUT2D eigenvalue weighted by atomic mass is 9.86. The Kier molecular flexibility index (Phi) is 8.40. The van der Waals surface area contributed by atoms with E-state index in [4.69, 9.17) is 0 Å². The number of sulfone groups is 1. The molecule has 0 spiro atoms. The number of carbonyl (C=O) groups excluding carboxylic acids is 1. The van der Waals surface area contributed by atoms with Gasteiger partial charge in [0.1, 0.15) is 0 Å². The number of alkyl halides is 3. The molecule has 0 radical (unpaired) electrons. The van der Waals surface area contributed by atoms with Gasteiger partial charge in [-0.3, -0.25) is 9.69 Å². The fourth-order valence-corrected chi connectivity index (χ4v) is 6.52. The van der Waals surface area contributed by atoms with E-state index in [1.165, 1.54) is 30.4 Å². The number of hydrogen-bond donors (Lipinski definition) is 1. The Morgan fingerprint density at radius 3 is 2.56 bits per heavy atom. The summed E-state index contributed by atoms with van der Waals surface area (Å²) in [5.74, 6) is -0.632. The van der Waals surface area contributed by atoms with Crippen molar-refractivity contribution in [2.24, 2.45) is 0 Å². The van der Waals surface area contributed by atoms with Crippen molar-refractivity contribution in [2.45, 2.75) is 75.0 Å². The third kappa shape index (κ3) is 6.88. The Labute approximate surface area is 211 Å². The lowest BCUT2D eigenvalue weighted by Crippen LogP contribution is -2.31. The quantitative estimate of drug-likeness (QED) is 0.502. The van der Waals surface area contributed by atoms with Gasteiger partial charge in [0.15, 0.2) is 9.84 Å². The molecule has 196 valence electrons. The molecular weight excluding hydrogens is 489 g/mol. The van der Waals surface area contributed by atoms with Crippen LogP contribution in [0.3, 0.4) is 0 Å². The molecule has 2 aromatic rings. The maximum absolute atomic E-state index is 12.9. The highest BCUT2D eigenvalue weighted by atomic mass is 32.2. The van der Waals surface area contributed by atoms with Crippen LogP contribution in [-0.2, 0) is 33.8 Å². The smallest absolute Gasteiger partial charge is 0.349 e. The first-order valence-electron chi connectivity index (χ1n) is 12.7. The van der Waals surface area contributed by atoms with Gasteiger partial charge in [-0.15, -0.1) is 0 Å². The fourth-order valence-electron chi connectivity index (χ4n) is 5.16. The van der Waals surface area contributed by atoms with Crippen LogP contribution < -0.4 is 5.32 Å². The molecule has 1 N–H and O–H groups in total. The highest BCUT2D eigenvalue weighted by molar-refractivity contribution is 7.91. The molecule has 1 amide bonds. The standard InChI is InChI=1S/C27H33F3N2O3S/c28-27(29,30)22-8-5-9-23(18-22)36(34,35)16-6-11-26(33)31-25-10-4-7-21-17-20(12-13-24(21)25)19-32-14-2-1-3-15-32/h5,8-9,12-13,17-18,25H,1-4,6-7,10-11,14-16,19H2,(H,31,33)/t25-/m1/s1. The lowest BCUT2D eigenvalue weighted by Gasteiger charge is -2.29. The molecule has 2 aliphatic rings. The Hall–Kier alpha value is -2.39. The summed E-state index contributed by atoms with van der Waals surface area (Å²) in [5.41, 5.74) is 2.67. The molecule has 0 aromatic heterocycles. The molecule has 9 heteroatoms. The zero-order valence-corrected chi connectivity index (χ0v) is 21.1. The summed E-state index contributed by atoms with van der Waals surface area (Å²) in [4.78, 5) is 14.7. The molecular formula is C27H33F3N2O3S. The highest BCUT2D eigenvalue weighted by Crippen LogP contribution is 2.32. The van der Waals surface area contributed by atoms with Gasteiger partial charge in [-0.1, -0.05) is 30.7 Å². The lowest BCUT2D eigenvalue weighted by molar-refractivity contribution is -0.137. The van der Waals surface area contributed by atoms with Crippen molar-refractivity contribution < 1.29 is 26.4 Å². The molecule has 0 bridgehead atoms. The van der Waals surface area contributed by atoms with E-state index >= 15 is 0 Å². The first-order valence-corrected chi connectivity index (χ1v) is 14.3. The number of fused-ring (bicyclic) bond motifs is 1. The third-order valence-electron chi connectivity index (χ3n) is 7.05. The summed E-state index contributed by atoms with van der Waals surface area (Å²) in [6.45, 7) is 3.23. The number of piperidine rings is 1. The van der Waals surface area contributed by atoms with Crippen LogP contribution >= 0.6 is 0 Å². The summed E-state index contributed by atoms with van der Waals surface area (Å²) in [6.07, 6.45) is 2.00. The Morgan fingerprint density at radius 2 is 1.81 bits per heavy atom. The van der Waals surface area contributed by atoms with Gasteiger partial charge in [-0.2, -0.15) is 13.2 Å². The van der Waals surface area contributed by atoms with E-state index in [0.717, 1.165) is 62.7 Å². The second-order valence-corrected chi connectivity index (χ2v) is 11.9. The molecule has 5 nitrogen and oxygen atoms in total. The minimum Gasteiger partial charge on any atom is -0.349 e. The Balaban J connectivity index is 1.31. The molecule has 4 rings (SSSR count). The van der Waals surface area contributed by atoms with E-state index in [2.05, 4.69) is 28.4 Å². The van der Waals surface area contributed by atoms with Crippen LogP contribution in [0.2, 0.25) is 0 Å². The van der Waals surface area contributed by atoms with Crippen molar-refractivity contribution in [3.05, 3.63) is 64.7 Å². The summed E-state index contributed by atoms with van der Waals surface area (Å²) in [7, 11) is -3.92. The number of halogens is 3. The van der Waals surface area contributed by atoms with Gasteiger partial charge < -0.3 is 5.32 Å². The third-order valence-corrected chi connectivity index (χ3v) is 8.85. The second-order valence-electron chi connectivity index (χ2n) is 9.83. The monoisotopic (exact) mass is 522 g/mol. The average molecular weight is 523 g/mol. The summed E-state index contributed by atoms with van der Waals surface area (Å²) in [6, 6.07) is 10.1. The molecule has 1 atom stereocenters. The summed E-state index contributed by atoms with van der Waals surface area (Å²) >= 11 is 0. The molecule has 36 heavy (non-hydrogen) atoms. The van der Waals surface area contributed by atoms with Gasteiger partial charge in [0.25, 0.3) is 0 Å². The summed E-state index contributed by atoms with van der Waals surface area (Å²) in [5, 5.41) is 3.04. The zero-order valence-electron chi connectivity index (χ0n) is 20.3. The van der Waals surface area contributed by atoms with Gasteiger partial charge in [0, 0.05) is 13.0 Å². The molecule has 0 saturated carbocycles. The van der Waals surface area contributed by atoms with Crippen molar-refractivity contribution in [3.8, 4) is 0 Å². The van der Waals surface area contributed by atoms with Gasteiger partial charge in [-0.05, 0) is 86.5 Å². The van der Waals surface area contributed by atoms with Crippen LogP contribution in [0, 0.1) is 0 Å². The molecule has 1 aliphatic heterocycles.